The summed E-state index contributed by atoms with van der Waals surface area (Å²) in [6.07, 6.45) is 16.1. The van der Waals surface area contributed by atoms with Gasteiger partial charge in [0.05, 0.1) is 33.3 Å². The molecule has 0 radical (unpaired) electrons. The van der Waals surface area contributed by atoms with Gasteiger partial charge < -0.3 is 14.8 Å². The molecule has 290 valence electrons. The number of ether oxygens (including phenoxy) is 2. The first-order valence-corrected chi connectivity index (χ1v) is 22.1. The van der Waals surface area contributed by atoms with Gasteiger partial charge in [0.15, 0.2) is 5.69 Å². The molecule has 2 saturated heterocycles. The van der Waals surface area contributed by atoms with Gasteiger partial charge >= 0.3 is 0 Å². The Labute approximate surface area is 330 Å². The van der Waals surface area contributed by atoms with Crippen LogP contribution in [0.4, 0.5) is 17.2 Å². The number of fused-ring (bicyclic) bond motifs is 4. The summed E-state index contributed by atoms with van der Waals surface area (Å²) in [5.41, 5.74) is 2.53. The SMILES string of the molecule is Cc1c(Cl)ncnc1OC1C[C@@H]2C=C[C@@H](C1)N2S(=O)(=O)C1CC1.[C-]#[N+]c1ccc(Nc2ncnc(OC3C[C@@H]4C=C[C@@H](C3)N4S(=O)(=O)C3CC3)c2C)c(Cl)c1. The Bertz CT molecular complexity index is 2280. The highest BCUT2D eigenvalue weighted by Crippen LogP contribution is 2.43. The molecule has 0 amide bonds. The smallest absolute Gasteiger partial charge is 0.221 e. The van der Waals surface area contributed by atoms with Crippen LogP contribution in [0.1, 0.15) is 62.5 Å². The molecule has 2 aromatic heterocycles. The molecule has 9 rings (SSSR count). The van der Waals surface area contributed by atoms with Gasteiger partial charge in [0.25, 0.3) is 0 Å². The van der Waals surface area contributed by atoms with Crippen molar-refractivity contribution < 1.29 is 26.3 Å². The molecule has 4 bridgehead atoms. The Kier molecular flexibility index (Phi) is 10.3. The number of halogens is 2. The predicted octanol–water partition coefficient (Wildman–Crippen LogP) is 6.46. The van der Waals surface area contributed by atoms with Gasteiger partial charge in [-0.3, -0.25) is 0 Å². The van der Waals surface area contributed by atoms with Gasteiger partial charge in [-0.15, -0.1) is 0 Å². The number of piperidine rings is 2. The highest BCUT2D eigenvalue weighted by atomic mass is 35.5. The van der Waals surface area contributed by atoms with Crippen LogP contribution in [0.3, 0.4) is 0 Å². The second-order valence-electron chi connectivity index (χ2n) is 14.8. The van der Waals surface area contributed by atoms with E-state index in [0.29, 0.717) is 70.4 Å². The number of nitrogens with one attached hydrogen (secondary N) is 1. The van der Waals surface area contributed by atoms with Gasteiger partial charge in [-0.25, -0.2) is 41.6 Å². The van der Waals surface area contributed by atoms with Crippen LogP contribution in [0.5, 0.6) is 11.8 Å². The van der Waals surface area contributed by atoms with Crippen LogP contribution >= 0.6 is 23.2 Å². The number of rotatable bonds is 10. The molecule has 14 nitrogen and oxygen atoms in total. The summed E-state index contributed by atoms with van der Waals surface area (Å²) in [6.45, 7) is 10.8. The Hall–Kier alpha value is -3.85. The molecule has 0 spiro atoms. The number of anilines is 2. The van der Waals surface area contributed by atoms with E-state index in [2.05, 4.69) is 30.1 Å². The maximum atomic E-state index is 12.8. The molecule has 18 heteroatoms. The van der Waals surface area contributed by atoms with Gasteiger partial charge in [-0.1, -0.05) is 53.6 Å². The lowest BCUT2D eigenvalue weighted by Crippen LogP contribution is -2.50. The van der Waals surface area contributed by atoms with E-state index in [0.717, 1.165) is 31.2 Å². The quantitative estimate of drug-likeness (QED) is 0.136. The van der Waals surface area contributed by atoms with Gasteiger partial charge in [0.1, 0.15) is 35.8 Å². The van der Waals surface area contributed by atoms with Crippen LogP contribution in [-0.4, -0.2) is 92.3 Å². The van der Waals surface area contributed by atoms with Gasteiger partial charge in [-0.2, -0.15) is 8.61 Å². The molecular formula is C37H40Cl2N8O6S2. The van der Waals surface area contributed by atoms with E-state index in [9.17, 15) is 16.8 Å². The second kappa shape index (κ2) is 14.9. The molecule has 1 N–H and O–H groups in total. The molecule has 55 heavy (non-hydrogen) atoms. The number of benzene rings is 1. The fourth-order valence-corrected chi connectivity index (χ4v) is 12.3. The van der Waals surface area contributed by atoms with Crippen LogP contribution in [0.2, 0.25) is 10.2 Å². The number of hydrogen-bond acceptors (Lipinski definition) is 11. The average Bonchev–Trinajstić information content (AvgIpc) is 4.08. The van der Waals surface area contributed by atoms with Crippen LogP contribution in [0.25, 0.3) is 4.85 Å². The topological polar surface area (TPSA) is 161 Å². The third-order valence-electron chi connectivity index (χ3n) is 10.8. The van der Waals surface area contributed by atoms with Crippen LogP contribution in [0, 0.1) is 20.4 Å². The van der Waals surface area contributed by atoms with E-state index in [1.54, 1.807) is 26.8 Å². The predicted molar refractivity (Wildman–Crippen MR) is 208 cm³/mol. The summed E-state index contributed by atoms with van der Waals surface area (Å²) in [6, 6.07) is 4.46. The van der Waals surface area contributed by atoms with Gasteiger partial charge in [0, 0.05) is 55.4 Å². The Morgan fingerprint density at radius 1 is 0.727 bits per heavy atom. The normalized spacial score (nSPS) is 27.3. The third kappa shape index (κ3) is 7.67. The Morgan fingerprint density at radius 3 is 1.65 bits per heavy atom. The maximum Gasteiger partial charge on any atom is 0.221 e. The highest BCUT2D eigenvalue weighted by molar-refractivity contribution is 7.90. The first-order chi connectivity index (χ1) is 26.3. The first kappa shape index (κ1) is 38.0. The fraction of sp³-hybridized carbons (Fsp3) is 0.486. The molecule has 2 saturated carbocycles. The molecule has 2 aliphatic carbocycles. The van der Waals surface area contributed by atoms with E-state index in [1.165, 1.54) is 12.7 Å². The zero-order chi connectivity index (χ0) is 38.6. The Balaban J connectivity index is 0.000000164. The van der Waals surface area contributed by atoms with E-state index >= 15 is 0 Å². The van der Waals surface area contributed by atoms with Crippen molar-refractivity contribution >= 4 is 60.4 Å². The van der Waals surface area contributed by atoms with Gasteiger partial charge in [-0.05, 0) is 51.7 Å². The summed E-state index contributed by atoms with van der Waals surface area (Å²) in [5, 5.41) is 3.60. The number of sulfonamides is 2. The van der Waals surface area contributed by atoms with E-state index in [1.807, 2.05) is 38.2 Å². The minimum absolute atomic E-state index is 0.0738. The summed E-state index contributed by atoms with van der Waals surface area (Å²) in [4.78, 5) is 20.0. The summed E-state index contributed by atoms with van der Waals surface area (Å²) >= 11 is 12.3. The number of hydrogen-bond donors (Lipinski definition) is 1. The summed E-state index contributed by atoms with van der Waals surface area (Å²) < 4.78 is 66.3. The molecule has 6 heterocycles. The van der Waals surface area contributed by atoms with Crippen molar-refractivity contribution in [3.8, 4) is 11.8 Å². The monoisotopic (exact) mass is 826 g/mol. The standard InChI is InChI=1S/C22H22ClN5O3S.C15H18ClN3O3S/c1-13-21(27-20-8-3-14(24-2)9-19(20)23)25-12-26-22(13)31-17-10-15-4-5-16(11-17)28(15)32(29,30)18-6-7-18;1-9-14(16)17-8-18-15(9)22-12-6-10-2-3-11(7-12)19(10)23(20,21)13-4-5-13/h3-5,8-9,12,15-18H,6-7,10-11H2,1H3,(H,25,26,27);2-3,8,10-13H,4-7H2,1H3/t15-,16-;10-,11-/m00/s1. The van der Waals surface area contributed by atoms with E-state index < -0.39 is 20.0 Å². The second-order valence-corrected chi connectivity index (χ2v) is 19.8. The number of aromatic nitrogens is 4. The molecule has 4 atom stereocenters. The lowest BCUT2D eigenvalue weighted by molar-refractivity contribution is 0.0978. The molecular weight excluding hydrogens is 787 g/mol. The largest absolute Gasteiger partial charge is 0.474 e. The van der Waals surface area contributed by atoms with Crippen molar-refractivity contribution in [3.63, 3.8) is 0 Å². The molecule has 1 aromatic carbocycles. The first-order valence-electron chi connectivity index (χ1n) is 18.3. The molecule has 6 aliphatic rings. The van der Waals surface area contributed by atoms with Crippen LogP contribution < -0.4 is 14.8 Å². The van der Waals surface area contributed by atoms with E-state index in [4.69, 9.17) is 39.2 Å². The molecule has 0 unspecified atom stereocenters. The zero-order valence-electron chi connectivity index (χ0n) is 30.1. The highest BCUT2D eigenvalue weighted by Gasteiger charge is 2.51. The lowest BCUT2D eigenvalue weighted by Gasteiger charge is -2.38. The van der Waals surface area contributed by atoms with Crippen molar-refractivity contribution in [2.75, 3.05) is 5.32 Å². The number of nitrogens with zero attached hydrogens (tertiary/aromatic N) is 7. The lowest BCUT2D eigenvalue weighted by atomic mass is 10.0. The molecule has 3 aromatic rings. The van der Waals surface area contributed by atoms with Crippen molar-refractivity contribution in [2.24, 2.45) is 0 Å². The molecule has 4 aliphatic heterocycles. The molecule has 4 fully saturated rings. The maximum absolute atomic E-state index is 12.8. The van der Waals surface area contributed by atoms with Crippen LogP contribution in [-0.2, 0) is 20.0 Å². The van der Waals surface area contributed by atoms with Crippen molar-refractivity contribution in [1.82, 2.24) is 28.5 Å². The average molecular weight is 828 g/mol. The summed E-state index contributed by atoms with van der Waals surface area (Å²) in [7, 11) is -6.40. The fourth-order valence-electron chi connectivity index (χ4n) is 7.70. The van der Waals surface area contributed by atoms with Crippen molar-refractivity contribution in [1.29, 1.82) is 0 Å². The van der Waals surface area contributed by atoms with Crippen LogP contribution in [0.15, 0.2) is 55.2 Å². The summed E-state index contributed by atoms with van der Waals surface area (Å²) in [5.74, 6) is 1.49. The minimum atomic E-state index is -3.23. The third-order valence-corrected chi connectivity index (χ3v) is 16.4. The van der Waals surface area contributed by atoms with Crippen molar-refractivity contribution in [2.45, 2.75) is 112 Å². The van der Waals surface area contributed by atoms with Crippen molar-refractivity contribution in [3.05, 3.63) is 87.9 Å². The zero-order valence-corrected chi connectivity index (χ0v) is 33.3. The van der Waals surface area contributed by atoms with Gasteiger partial charge in [0.2, 0.25) is 31.8 Å². The minimum Gasteiger partial charge on any atom is -0.474 e. The van der Waals surface area contributed by atoms with E-state index in [-0.39, 0.29) is 46.9 Å². The Morgan fingerprint density at radius 2 is 1.20 bits per heavy atom.